The Balaban J connectivity index is 2.95. The summed E-state index contributed by atoms with van der Waals surface area (Å²) in [5.74, 6) is -0.838. The number of hydrogen-bond donors (Lipinski definition) is 2. The molecule has 1 unspecified atom stereocenters. The molecule has 0 radical (unpaired) electrons. The number of hydrogen-bond acceptors (Lipinski definition) is 3. The Labute approximate surface area is 82.8 Å². The molecule has 1 aromatic rings. The molecule has 76 valence electrons. The van der Waals surface area contributed by atoms with Gasteiger partial charge < -0.3 is 10.8 Å². The van der Waals surface area contributed by atoms with Gasteiger partial charge in [-0.2, -0.15) is 0 Å². The van der Waals surface area contributed by atoms with Gasteiger partial charge in [-0.25, -0.2) is 0 Å². The molecular weight excluding hydrogens is 180 g/mol. The van der Waals surface area contributed by atoms with Crippen molar-refractivity contribution in [1.29, 1.82) is 0 Å². The molecule has 1 aromatic heterocycles. The number of aromatic nitrogens is 1. The molecule has 14 heavy (non-hydrogen) atoms. The molecule has 0 amide bonds. The molecule has 0 spiro atoms. The molecule has 0 saturated carbocycles. The number of carboxylic acid groups (broad SMARTS) is 1. The fraction of sp³-hybridized carbons (Fsp3) is 0.400. The topological polar surface area (TPSA) is 76.2 Å². The summed E-state index contributed by atoms with van der Waals surface area (Å²) in [4.78, 5) is 14.6. The minimum absolute atomic E-state index is 0.0352. The maximum atomic E-state index is 10.7. The van der Waals surface area contributed by atoms with E-state index in [9.17, 15) is 4.79 Å². The molecule has 0 aromatic carbocycles. The van der Waals surface area contributed by atoms with Crippen molar-refractivity contribution >= 4 is 5.97 Å². The van der Waals surface area contributed by atoms with Crippen LogP contribution in [0.25, 0.3) is 0 Å². The molecule has 1 rings (SSSR count). The van der Waals surface area contributed by atoms with Crippen molar-refractivity contribution in [3.8, 4) is 0 Å². The number of nitrogens with zero attached hydrogens (tertiary/aromatic N) is 1. The van der Waals surface area contributed by atoms with Crippen LogP contribution in [0.2, 0.25) is 0 Å². The van der Waals surface area contributed by atoms with Gasteiger partial charge in [0, 0.05) is 24.4 Å². The molecule has 0 aliphatic carbocycles. The van der Waals surface area contributed by atoms with Gasteiger partial charge in [-0.3, -0.25) is 9.78 Å². The first-order valence-electron chi connectivity index (χ1n) is 4.41. The van der Waals surface area contributed by atoms with E-state index in [2.05, 4.69) is 4.98 Å². The predicted molar refractivity (Wildman–Crippen MR) is 52.9 cm³/mol. The first-order chi connectivity index (χ1) is 6.58. The zero-order valence-corrected chi connectivity index (χ0v) is 8.10. The van der Waals surface area contributed by atoms with Crippen molar-refractivity contribution in [3.63, 3.8) is 0 Å². The molecule has 1 atom stereocenters. The van der Waals surface area contributed by atoms with Gasteiger partial charge in [-0.05, 0) is 17.7 Å². The van der Waals surface area contributed by atoms with Crippen LogP contribution in [-0.2, 0) is 10.2 Å². The molecule has 0 aliphatic rings. The van der Waals surface area contributed by atoms with Gasteiger partial charge in [0.05, 0.1) is 6.42 Å². The summed E-state index contributed by atoms with van der Waals surface area (Å²) in [6.07, 6.45) is 3.32. The van der Waals surface area contributed by atoms with E-state index in [1.807, 2.05) is 6.92 Å². The molecule has 0 bridgehead atoms. The van der Waals surface area contributed by atoms with Crippen LogP contribution in [-0.4, -0.2) is 22.6 Å². The Kier molecular flexibility index (Phi) is 3.19. The molecule has 4 heteroatoms. The van der Waals surface area contributed by atoms with E-state index >= 15 is 0 Å². The van der Waals surface area contributed by atoms with E-state index in [-0.39, 0.29) is 6.42 Å². The van der Waals surface area contributed by atoms with Gasteiger partial charge in [0.1, 0.15) is 0 Å². The van der Waals surface area contributed by atoms with Gasteiger partial charge in [0.15, 0.2) is 0 Å². The third-order valence-electron chi connectivity index (χ3n) is 2.37. The summed E-state index contributed by atoms with van der Waals surface area (Å²) >= 11 is 0. The quantitative estimate of drug-likeness (QED) is 0.742. The summed E-state index contributed by atoms with van der Waals surface area (Å²) in [5.41, 5.74) is 6.01. The Bertz CT molecular complexity index is 313. The highest BCUT2D eigenvalue weighted by atomic mass is 16.4. The van der Waals surface area contributed by atoms with E-state index in [1.54, 1.807) is 24.5 Å². The number of pyridine rings is 1. The number of rotatable bonds is 4. The van der Waals surface area contributed by atoms with E-state index in [4.69, 9.17) is 10.8 Å². The van der Waals surface area contributed by atoms with Gasteiger partial charge in [0.25, 0.3) is 0 Å². The Morgan fingerprint density at radius 1 is 1.57 bits per heavy atom. The second-order valence-corrected chi connectivity index (χ2v) is 3.57. The molecular formula is C10H14N2O2. The lowest BCUT2D eigenvalue weighted by atomic mass is 9.80. The fourth-order valence-electron chi connectivity index (χ4n) is 1.38. The lowest BCUT2D eigenvalue weighted by Gasteiger charge is -2.26. The summed E-state index contributed by atoms with van der Waals surface area (Å²) in [7, 11) is 0. The van der Waals surface area contributed by atoms with Gasteiger partial charge in [0.2, 0.25) is 0 Å². The van der Waals surface area contributed by atoms with E-state index in [0.717, 1.165) is 5.56 Å². The second-order valence-electron chi connectivity index (χ2n) is 3.57. The monoisotopic (exact) mass is 194 g/mol. The zero-order valence-electron chi connectivity index (χ0n) is 8.10. The van der Waals surface area contributed by atoms with Crippen molar-refractivity contribution in [1.82, 2.24) is 4.98 Å². The molecule has 0 saturated heterocycles. The van der Waals surface area contributed by atoms with Crippen LogP contribution < -0.4 is 5.73 Å². The Morgan fingerprint density at radius 2 is 2.14 bits per heavy atom. The zero-order chi connectivity index (χ0) is 10.6. The fourth-order valence-corrected chi connectivity index (χ4v) is 1.38. The molecule has 1 heterocycles. The van der Waals surface area contributed by atoms with E-state index in [1.165, 1.54) is 0 Å². The largest absolute Gasteiger partial charge is 0.481 e. The highest BCUT2D eigenvalue weighted by Gasteiger charge is 2.27. The minimum atomic E-state index is -0.838. The SMILES string of the molecule is CC(CN)(CC(=O)O)c1ccncc1. The lowest BCUT2D eigenvalue weighted by Crippen LogP contribution is -2.34. The van der Waals surface area contributed by atoms with E-state index < -0.39 is 11.4 Å². The van der Waals surface area contributed by atoms with Crippen LogP contribution in [0.5, 0.6) is 0 Å². The standard InChI is InChI=1S/C10H14N2O2/c1-10(7-11,6-9(13)14)8-2-4-12-5-3-8/h2-5H,6-7,11H2,1H3,(H,13,14). The normalized spacial score (nSPS) is 14.7. The molecule has 3 N–H and O–H groups in total. The van der Waals surface area contributed by atoms with Crippen molar-refractivity contribution in [2.75, 3.05) is 6.54 Å². The molecule has 0 aliphatic heterocycles. The second kappa shape index (κ2) is 4.19. The summed E-state index contributed by atoms with van der Waals surface area (Å²) in [6, 6.07) is 3.60. The Morgan fingerprint density at radius 3 is 2.57 bits per heavy atom. The van der Waals surface area contributed by atoms with Gasteiger partial charge >= 0.3 is 5.97 Å². The molecule has 4 nitrogen and oxygen atoms in total. The highest BCUT2D eigenvalue weighted by Crippen LogP contribution is 2.25. The van der Waals surface area contributed by atoms with Crippen LogP contribution in [0.15, 0.2) is 24.5 Å². The van der Waals surface area contributed by atoms with Gasteiger partial charge in [-0.1, -0.05) is 6.92 Å². The van der Waals surface area contributed by atoms with Crippen molar-refractivity contribution in [2.45, 2.75) is 18.8 Å². The van der Waals surface area contributed by atoms with E-state index in [0.29, 0.717) is 6.54 Å². The van der Waals surface area contributed by atoms with Crippen molar-refractivity contribution < 1.29 is 9.90 Å². The average Bonchev–Trinajstić information content (AvgIpc) is 2.18. The summed E-state index contributed by atoms with van der Waals surface area (Å²) in [6.45, 7) is 2.15. The smallest absolute Gasteiger partial charge is 0.304 e. The summed E-state index contributed by atoms with van der Waals surface area (Å²) < 4.78 is 0. The maximum Gasteiger partial charge on any atom is 0.304 e. The number of aliphatic carboxylic acids is 1. The third-order valence-corrected chi connectivity index (χ3v) is 2.37. The third kappa shape index (κ3) is 2.29. The minimum Gasteiger partial charge on any atom is -0.481 e. The first kappa shape index (κ1) is 10.7. The predicted octanol–water partition coefficient (Wildman–Crippen LogP) is 0.773. The van der Waals surface area contributed by atoms with Crippen molar-refractivity contribution in [3.05, 3.63) is 30.1 Å². The van der Waals surface area contributed by atoms with Crippen LogP contribution in [0, 0.1) is 0 Å². The van der Waals surface area contributed by atoms with Crippen LogP contribution >= 0.6 is 0 Å². The van der Waals surface area contributed by atoms with Crippen LogP contribution in [0.4, 0.5) is 0 Å². The summed E-state index contributed by atoms with van der Waals surface area (Å²) in [5, 5.41) is 8.77. The number of nitrogens with two attached hydrogens (primary N) is 1. The number of carboxylic acids is 1. The number of carbonyl (C=O) groups is 1. The van der Waals surface area contributed by atoms with Crippen LogP contribution in [0.1, 0.15) is 18.9 Å². The lowest BCUT2D eigenvalue weighted by molar-refractivity contribution is -0.138. The van der Waals surface area contributed by atoms with Crippen LogP contribution in [0.3, 0.4) is 0 Å². The van der Waals surface area contributed by atoms with Crippen molar-refractivity contribution in [2.24, 2.45) is 5.73 Å². The average molecular weight is 194 g/mol. The first-order valence-corrected chi connectivity index (χ1v) is 4.41. The molecule has 0 fully saturated rings. The van der Waals surface area contributed by atoms with Gasteiger partial charge in [-0.15, -0.1) is 0 Å². The highest BCUT2D eigenvalue weighted by molar-refractivity contribution is 5.69. The maximum absolute atomic E-state index is 10.7. The Hall–Kier alpha value is -1.42.